The number of hydrogen-bond acceptors (Lipinski definition) is 6. The fraction of sp³-hybridized carbons (Fsp3) is 0.0952. The number of oxime groups is 1. The van der Waals surface area contributed by atoms with Crippen LogP contribution < -0.4 is 5.48 Å². The first-order chi connectivity index (χ1) is 14.1. The molecule has 3 rings (SSSR count). The number of carboxylic acid groups (broad SMARTS) is 1. The second kappa shape index (κ2) is 9.86. The lowest BCUT2D eigenvalue weighted by atomic mass is 10.0. The number of furan rings is 1. The van der Waals surface area contributed by atoms with Gasteiger partial charge in [-0.15, -0.1) is 0 Å². The molecule has 0 spiro atoms. The highest BCUT2D eigenvalue weighted by atomic mass is 16.7. The number of carbonyl (C=O) groups is 2. The fourth-order valence-corrected chi connectivity index (χ4v) is 2.50. The number of hydrogen-bond donors (Lipinski definition) is 2. The lowest BCUT2D eigenvalue weighted by Gasteiger charge is -2.18. The maximum absolute atomic E-state index is 12.0. The number of nitrogens with zero attached hydrogens (tertiary/aromatic N) is 1. The third kappa shape index (κ3) is 5.53. The molecule has 0 aliphatic heterocycles. The molecule has 1 heterocycles. The van der Waals surface area contributed by atoms with Crippen molar-refractivity contribution in [2.45, 2.75) is 6.10 Å². The van der Waals surface area contributed by atoms with E-state index in [0.29, 0.717) is 0 Å². The number of aliphatic carboxylic acids is 1. The summed E-state index contributed by atoms with van der Waals surface area (Å²) < 4.78 is 4.97. The van der Waals surface area contributed by atoms with Gasteiger partial charge in [-0.2, -0.15) is 0 Å². The Morgan fingerprint density at radius 3 is 2.10 bits per heavy atom. The minimum atomic E-state index is -1.34. The van der Waals surface area contributed by atoms with E-state index in [1.54, 1.807) is 0 Å². The molecular formula is C21H18N2O6. The largest absolute Gasteiger partial charge is 0.476 e. The van der Waals surface area contributed by atoms with E-state index in [2.05, 4.69) is 10.6 Å². The van der Waals surface area contributed by atoms with Crippen LogP contribution in [0, 0.1) is 0 Å². The van der Waals surface area contributed by atoms with Gasteiger partial charge in [0, 0.05) is 0 Å². The van der Waals surface area contributed by atoms with Gasteiger partial charge in [0.25, 0.3) is 5.91 Å². The van der Waals surface area contributed by atoms with Gasteiger partial charge in [0.2, 0.25) is 5.71 Å². The molecule has 1 aromatic heterocycles. The predicted octanol–water partition coefficient (Wildman–Crippen LogP) is 2.92. The van der Waals surface area contributed by atoms with Crippen molar-refractivity contribution in [3.8, 4) is 0 Å². The first-order valence-corrected chi connectivity index (χ1v) is 8.66. The molecule has 1 amide bonds. The lowest BCUT2D eigenvalue weighted by Crippen LogP contribution is -2.29. The Labute approximate surface area is 166 Å². The summed E-state index contributed by atoms with van der Waals surface area (Å²) in [7, 11) is 0. The topological polar surface area (TPSA) is 110 Å². The van der Waals surface area contributed by atoms with Gasteiger partial charge >= 0.3 is 5.97 Å². The zero-order valence-electron chi connectivity index (χ0n) is 15.2. The third-order valence-electron chi connectivity index (χ3n) is 3.80. The molecule has 0 atom stereocenters. The zero-order chi connectivity index (χ0) is 20.5. The first-order valence-electron chi connectivity index (χ1n) is 8.66. The molecular weight excluding hydrogens is 376 g/mol. The summed E-state index contributed by atoms with van der Waals surface area (Å²) in [5.41, 5.74) is 3.57. The van der Waals surface area contributed by atoms with Crippen LogP contribution in [0.3, 0.4) is 0 Å². The van der Waals surface area contributed by atoms with E-state index in [9.17, 15) is 9.59 Å². The molecule has 3 aromatic rings. The van der Waals surface area contributed by atoms with Gasteiger partial charge in [-0.1, -0.05) is 65.8 Å². The Hall–Kier alpha value is -3.91. The summed E-state index contributed by atoms with van der Waals surface area (Å²) in [4.78, 5) is 33.7. The normalized spacial score (nSPS) is 11.3. The van der Waals surface area contributed by atoms with Crippen LogP contribution in [-0.2, 0) is 19.3 Å². The molecule has 0 saturated carbocycles. The van der Waals surface area contributed by atoms with Crippen LogP contribution in [0.25, 0.3) is 0 Å². The molecule has 0 bridgehead atoms. The highest BCUT2D eigenvalue weighted by molar-refractivity contribution is 6.41. The minimum absolute atomic E-state index is 0.0161. The molecule has 0 aliphatic carbocycles. The number of benzene rings is 2. The number of amides is 1. The number of carboxylic acids is 1. The van der Waals surface area contributed by atoms with Crippen molar-refractivity contribution in [1.29, 1.82) is 0 Å². The van der Waals surface area contributed by atoms with Crippen LogP contribution in [0.1, 0.15) is 23.0 Å². The van der Waals surface area contributed by atoms with Crippen LogP contribution in [0.4, 0.5) is 0 Å². The van der Waals surface area contributed by atoms with E-state index in [4.69, 9.17) is 19.2 Å². The Morgan fingerprint density at radius 1 is 0.966 bits per heavy atom. The monoisotopic (exact) mass is 394 g/mol. The van der Waals surface area contributed by atoms with Gasteiger partial charge in [0.15, 0.2) is 12.4 Å². The third-order valence-corrected chi connectivity index (χ3v) is 3.80. The van der Waals surface area contributed by atoms with Crippen molar-refractivity contribution in [3.05, 3.63) is 95.9 Å². The van der Waals surface area contributed by atoms with E-state index in [1.807, 2.05) is 60.7 Å². The standard InChI is InChI=1S/C21H18N2O6/c24-18(14-28-23-19(21(25)26)17-12-7-13-27-17)22-29-20(15-8-3-1-4-9-15)16-10-5-2-6-11-16/h1-13,20H,14H2,(H,22,24)(H,25,26)/b23-19-. The average molecular weight is 394 g/mol. The zero-order valence-corrected chi connectivity index (χ0v) is 15.2. The molecule has 2 aromatic carbocycles. The summed E-state index contributed by atoms with van der Waals surface area (Å²) in [6.45, 7) is -0.534. The molecule has 2 N–H and O–H groups in total. The molecule has 0 aliphatic rings. The smallest absolute Gasteiger partial charge is 0.361 e. The van der Waals surface area contributed by atoms with Gasteiger partial charge in [-0.3, -0.25) is 9.63 Å². The Balaban J connectivity index is 1.60. The molecule has 8 nitrogen and oxygen atoms in total. The van der Waals surface area contributed by atoms with Gasteiger partial charge in [-0.25, -0.2) is 10.3 Å². The average Bonchev–Trinajstić information content (AvgIpc) is 3.27. The number of rotatable bonds is 9. The van der Waals surface area contributed by atoms with Crippen molar-refractivity contribution >= 4 is 17.6 Å². The fourth-order valence-electron chi connectivity index (χ4n) is 2.50. The van der Waals surface area contributed by atoms with Gasteiger partial charge in [-0.05, 0) is 23.3 Å². The second-order valence-electron chi connectivity index (χ2n) is 5.84. The van der Waals surface area contributed by atoms with Crippen LogP contribution in [-0.4, -0.2) is 29.3 Å². The van der Waals surface area contributed by atoms with E-state index in [0.717, 1.165) is 11.1 Å². The molecule has 0 saturated heterocycles. The summed E-state index contributed by atoms with van der Waals surface area (Å²) in [5, 5.41) is 12.6. The summed E-state index contributed by atoms with van der Waals surface area (Å²) in [6, 6.07) is 21.7. The molecule has 0 fully saturated rings. The second-order valence-corrected chi connectivity index (χ2v) is 5.84. The molecule has 0 unspecified atom stereocenters. The van der Waals surface area contributed by atoms with Crippen LogP contribution >= 0.6 is 0 Å². The Bertz CT molecular complexity index is 916. The van der Waals surface area contributed by atoms with Gasteiger partial charge in [0.1, 0.15) is 6.10 Å². The summed E-state index contributed by atoms with van der Waals surface area (Å²) >= 11 is 0. The van der Waals surface area contributed by atoms with E-state index in [1.165, 1.54) is 18.4 Å². The van der Waals surface area contributed by atoms with Gasteiger partial charge in [0.05, 0.1) is 6.26 Å². The highest BCUT2D eigenvalue weighted by Gasteiger charge is 2.18. The van der Waals surface area contributed by atoms with Crippen LogP contribution in [0.2, 0.25) is 0 Å². The maximum Gasteiger partial charge on any atom is 0.361 e. The van der Waals surface area contributed by atoms with Crippen molar-refractivity contribution in [2.24, 2.45) is 5.16 Å². The Morgan fingerprint density at radius 2 is 1.59 bits per heavy atom. The lowest BCUT2D eigenvalue weighted by molar-refractivity contribution is -0.142. The molecule has 0 radical (unpaired) electrons. The minimum Gasteiger partial charge on any atom is -0.476 e. The van der Waals surface area contributed by atoms with E-state index < -0.39 is 30.3 Å². The summed E-state index contributed by atoms with van der Waals surface area (Å²) in [5.74, 6) is -1.96. The van der Waals surface area contributed by atoms with Crippen LogP contribution in [0.15, 0.2) is 88.6 Å². The van der Waals surface area contributed by atoms with E-state index in [-0.39, 0.29) is 5.76 Å². The van der Waals surface area contributed by atoms with Crippen LogP contribution in [0.5, 0.6) is 0 Å². The number of hydroxylamine groups is 1. The SMILES string of the molecule is O=C(CO/N=C(\C(=O)O)c1ccco1)NOC(c1ccccc1)c1ccccc1. The quantitative estimate of drug-likeness (QED) is 0.426. The molecule has 8 heteroatoms. The molecule has 148 valence electrons. The maximum atomic E-state index is 12.0. The highest BCUT2D eigenvalue weighted by Crippen LogP contribution is 2.24. The van der Waals surface area contributed by atoms with E-state index >= 15 is 0 Å². The van der Waals surface area contributed by atoms with Crippen molar-refractivity contribution in [2.75, 3.05) is 6.61 Å². The Kier molecular flexibility index (Phi) is 6.75. The molecule has 29 heavy (non-hydrogen) atoms. The summed E-state index contributed by atoms with van der Waals surface area (Å²) in [6.07, 6.45) is 0.782. The predicted molar refractivity (Wildman–Crippen MR) is 103 cm³/mol. The van der Waals surface area contributed by atoms with Crippen molar-refractivity contribution in [1.82, 2.24) is 5.48 Å². The first kappa shape index (κ1) is 19.8. The number of nitrogens with one attached hydrogen (secondary N) is 1. The van der Waals surface area contributed by atoms with Gasteiger partial charge < -0.3 is 14.4 Å². The van der Waals surface area contributed by atoms with Crippen molar-refractivity contribution < 1.29 is 28.8 Å². The number of carbonyl (C=O) groups excluding carboxylic acids is 1. The van der Waals surface area contributed by atoms with Crippen molar-refractivity contribution in [3.63, 3.8) is 0 Å².